The van der Waals surface area contributed by atoms with Crippen LogP contribution in [0.4, 0.5) is 0 Å². The molecule has 1 aliphatic rings. The third-order valence-electron chi connectivity index (χ3n) is 3.68. The number of likely N-dealkylation sites (N-methyl/N-ethyl adjacent to an activating group) is 1. The molecule has 0 aliphatic carbocycles. The van der Waals surface area contributed by atoms with Gasteiger partial charge in [0.15, 0.2) is 4.96 Å². The van der Waals surface area contributed by atoms with Gasteiger partial charge in [-0.25, -0.2) is 4.98 Å². The molecule has 1 fully saturated rings. The predicted octanol–water partition coefficient (Wildman–Crippen LogP) is -0.387. The number of aromatic nitrogens is 2. The molecule has 0 unspecified atom stereocenters. The second-order valence-corrected chi connectivity index (χ2v) is 6.05. The molecule has 0 bridgehead atoms. The zero-order chi connectivity index (χ0) is 15.0. The average Bonchev–Trinajstić information content (AvgIpc) is 3.11. The van der Waals surface area contributed by atoms with Crippen molar-refractivity contribution in [3.63, 3.8) is 0 Å². The standard InChI is InChI=1S/C13H17N5O2S/c1-15-12(20)10-4-8(14)6-18(10)11(19)5-9-7-17-2-3-21-13(17)16-9/h2-3,7-8,10H,4-6,14H2,1H3,(H,15,20)/t8-,10+/m1/s1. The third kappa shape index (κ3) is 2.64. The minimum absolute atomic E-state index is 0.109. The maximum atomic E-state index is 12.4. The van der Waals surface area contributed by atoms with Crippen molar-refractivity contribution in [2.45, 2.75) is 24.9 Å². The summed E-state index contributed by atoms with van der Waals surface area (Å²) in [5.74, 6) is -0.274. The molecule has 3 rings (SSSR count). The molecule has 3 heterocycles. The van der Waals surface area contributed by atoms with Crippen molar-refractivity contribution < 1.29 is 9.59 Å². The maximum Gasteiger partial charge on any atom is 0.242 e. The van der Waals surface area contributed by atoms with Crippen LogP contribution < -0.4 is 11.1 Å². The number of imidazole rings is 1. The molecule has 2 amide bonds. The minimum atomic E-state index is -0.471. The van der Waals surface area contributed by atoms with Gasteiger partial charge in [-0.3, -0.25) is 14.0 Å². The van der Waals surface area contributed by atoms with E-state index in [1.807, 2.05) is 22.2 Å². The van der Waals surface area contributed by atoms with Crippen LogP contribution in [0.15, 0.2) is 17.8 Å². The molecule has 8 heteroatoms. The van der Waals surface area contributed by atoms with Crippen LogP contribution in [0.5, 0.6) is 0 Å². The van der Waals surface area contributed by atoms with Crippen molar-refractivity contribution in [1.82, 2.24) is 19.6 Å². The average molecular weight is 307 g/mol. The van der Waals surface area contributed by atoms with E-state index in [9.17, 15) is 9.59 Å². The first-order chi connectivity index (χ1) is 10.1. The summed E-state index contributed by atoms with van der Waals surface area (Å²) in [6.07, 6.45) is 4.44. The summed E-state index contributed by atoms with van der Waals surface area (Å²) in [4.78, 5) is 31.1. The summed E-state index contributed by atoms with van der Waals surface area (Å²) in [7, 11) is 1.57. The first-order valence-electron chi connectivity index (χ1n) is 6.76. The first kappa shape index (κ1) is 14.0. The molecule has 0 spiro atoms. The fraction of sp³-hybridized carbons (Fsp3) is 0.462. The Morgan fingerprint density at radius 2 is 2.38 bits per heavy atom. The Morgan fingerprint density at radius 3 is 3.10 bits per heavy atom. The zero-order valence-electron chi connectivity index (χ0n) is 11.7. The Hall–Kier alpha value is -1.93. The minimum Gasteiger partial charge on any atom is -0.357 e. The number of likely N-dealkylation sites (tertiary alicyclic amines) is 1. The van der Waals surface area contributed by atoms with E-state index in [1.54, 1.807) is 11.9 Å². The van der Waals surface area contributed by atoms with E-state index < -0.39 is 6.04 Å². The molecule has 2 aromatic heterocycles. The second kappa shape index (κ2) is 5.45. The van der Waals surface area contributed by atoms with Gasteiger partial charge in [-0.05, 0) is 6.42 Å². The third-order valence-corrected chi connectivity index (χ3v) is 4.45. The van der Waals surface area contributed by atoms with Crippen LogP contribution in [-0.2, 0) is 16.0 Å². The quantitative estimate of drug-likeness (QED) is 0.808. The Morgan fingerprint density at radius 1 is 1.57 bits per heavy atom. The van der Waals surface area contributed by atoms with Crippen molar-refractivity contribution in [2.75, 3.05) is 13.6 Å². The summed E-state index contributed by atoms with van der Waals surface area (Å²) >= 11 is 1.52. The Labute approximate surface area is 125 Å². The Balaban J connectivity index is 1.74. The lowest BCUT2D eigenvalue weighted by molar-refractivity contribution is -0.137. The lowest BCUT2D eigenvalue weighted by atomic mass is 10.1. The highest BCUT2D eigenvalue weighted by Gasteiger charge is 2.37. The van der Waals surface area contributed by atoms with Crippen LogP contribution in [0.25, 0.3) is 4.96 Å². The number of rotatable bonds is 3. The van der Waals surface area contributed by atoms with E-state index in [1.165, 1.54) is 11.3 Å². The normalized spacial score (nSPS) is 21.9. The summed E-state index contributed by atoms with van der Waals surface area (Å²) < 4.78 is 1.89. The van der Waals surface area contributed by atoms with Crippen molar-refractivity contribution in [2.24, 2.45) is 5.73 Å². The highest BCUT2D eigenvalue weighted by molar-refractivity contribution is 7.15. The molecule has 3 N–H and O–H groups in total. The van der Waals surface area contributed by atoms with Crippen LogP contribution >= 0.6 is 11.3 Å². The lowest BCUT2D eigenvalue weighted by Crippen LogP contribution is -2.45. The maximum absolute atomic E-state index is 12.4. The van der Waals surface area contributed by atoms with E-state index in [4.69, 9.17) is 5.73 Å². The molecule has 0 saturated carbocycles. The first-order valence-corrected chi connectivity index (χ1v) is 7.64. The van der Waals surface area contributed by atoms with Gasteiger partial charge in [0.1, 0.15) is 6.04 Å². The molecule has 2 atom stereocenters. The molecule has 112 valence electrons. The number of nitrogens with two attached hydrogens (primary N) is 1. The van der Waals surface area contributed by atoms with Gasteiger partial charge in [-0.2, -0.15) is 0 Å². The number of fused-ring (bicyclic) bond motifs is 1. The number of nitrogens with one attached hydrogen (secondary N) is 1. The van der Waals surface area contributed by atoms with Crippen LogP contribution in [-0.4, -0.2) is 51.8 Å². The van der Waals surface area contributed by atoms with Gasteiger partial charge >= 0.3 is 0 Å². The highest BCUT2D eigenvalue weighted by Crippen LogP contribution is 2.19. The molecule has 1 aliphatic heterocycles. The molecular formula is C13H17N5O2S. The van der Waals surface area contributed by atoms with Gasteiger partial charge in [0.2, 0.25) is 11.8 Å². The van der Waals surface area contributed by atoms with Gasteiger partial charge in [-0.15, -0.1) is 11.3 Å². The van der Waals surface area contributed by atoms with E-state index in [0.29, 0.717) is 18.7 Å². The number of amides is 2. The highest BCUT2D eigenvalue weighted by atomic mass is 32.1. The molecule has 21 heavy (non-hydrogen) atoms. The van der Waals surface area contributed by atoms with E-state index in [-0.39, 0.29) is 24.3 Å². The van der Waals surface area contributed by atoms with E-state index >= 15 is 0 Å². The molecular weight excluding hydrogens is 290 g/mol. The topological polar surface area (TPSA) is 92.7 Å². The number of carbonyl (C=O) groups is 2. The summed E-state index contributed by atoms with van der Waals surface area (Å²) in [6.45, 7) is 0.416. The van der Waals surface area contributed by atoms with Gasteiger partial charge < -0.3 is 16.0 Å². The molecule has 2 aromatic rings. The molecule has 1 saturated heterocycles. The Bertz CT molecular complexity index is 650. The van der Waals surface area contributed by atoms with Crippen molar-refractivity contribution in [3.8, 4) is 0 Å². The number of carbonyl (C=O) groups excluding carboxylic acids is 2. The summed E-state index contributed by atoms with van der Waals surface area (Å²) in [5, 5.41) is 4.53. The van der Waals surface area contributed by atoms with Crippen molar-refractivity contribution in [3.05, 3.63) is 23.5 Å². The fourth-order valence-corrected chi connectivity index (χ4v) is 3.40. The summed E-state index contributed by atoms with van der Waals surface area (Å²) in [6, 6.07) is -0.622. The fourth-order valence-electron chi connectivity index (χ4n) is 2.68. The van der Waals surface area contributed by atoms with Crippen molar-refractivity contribution in [1.29, 1.82) is 0 Å². The lowest BCUT2D eigenvalue weighted by Gasteiger charge is -2.22. The number of thiazole rings is 1. The zero-order valence-corrected chi connectivity index (χ0v) is 12.5. The largest absolute Gasteiger partial charge is 0.357 e. The predicted molar refractivity (Wildman–Crippen MR) is 78.9 cm³/mol. The van der Waals surface area contributed by atoms with Crippen molar-refractivity contribution >= 4 is 28.1 Å². The molecule has 0 radical (unpaired) electrons. The number of nitrogens with zero attached hydrogens (tertiary/aromatic N) is 3. The Kier molecular flexibility index (Phi) is 3.64. The van der Waals surface area contributed by atoms with Crippen LogP contribution in [0.1, 0.15) is 12.1 Å². The van der Waals surface area contributed by atoms with E-state index in [0.717, 1.165) is 4.96 Å². The van der Waals surface area contributed by atoms with Crippen LogP contribution in [0, 0.1) is 0 Å². The SMILES string of the molecule is CNC(=O)[C@@H]1C[C@@H](N)CN1C(=O)Cc1cn2ccsc2n1. The monoisotopic (exact) mass is 307 g/mol. The van der Waals surface area contributed by atoms with Gasteiger partial charge in [0.05, 0.1) is 12.1 Å². The van der Waals surface area contributed by atoms with Gasteiger partial charge in [0, 0.05) is 37.4 Å². The van der Waals surface area contributed by atoms with Crippen LogP contribution in [0.3, 0.4) is 0 Å². The van der Waals surface area contributed by atoms with Gasteiger partial charge in [0.25, 0.3) is 0 Å². The van der Waals surface area contributed by atoms with E-state index in [2.05, 4.69) is 10.3 Å². The molecule has 0 aromatic carbocycles. The second-order valence-electron chi connectivity index (χ2n) is 5.17. The smallest absolute Gasteiger partial charge is 0.242 e. The number of hydrogen-bond donors (Lipinski definition) is 2. The van der Waals surface area contributed by atoms with Gasteiger partial charge in [-0.1, -0.05) is 0 Å². The summed E-state index contributed by atoms with van der Waals surface area (Å²) in [5.41, 5.74) is 6.60. The number of hydrogen-bond acceptors (Lipinski definition) is 5. The molecule has 7 nitrogen and oxygen atoms in total. The van der Waals surface area contributed by atoms with Crippen LogP contribution in [0.2, 0.25) is 0 Å².